The molecule has 9 heteroatoms. The summed E-state index contributed by atoms with van der Waals surface area (Å²) < 4.78 is 35.5. The van der Waals surface area contributed by atoms with Gasteiger partial charge in [0.2, 0.25) is 0 Å². The highest BCUT2D eigenvalue weighted by Gasteiger charge is 2.27. The summed E-state index contributed by atoms with van der Waals surface area (Å²) in [6.45, 7) is -0.143. The van der Waals surface area contributed by atoms with Crippen LogP contribution in [0.1, 0.15) is 10.5 Å². The first-order valence-corrected chi connectivity index (χ1v) is 6.07. The minimum atomic E-state index is -4.31. The van der Waals surface area contributed by atoms with E-state index in [1.54, 1.807) is 0 Å². The summed E-state index contributed by atoms with van der Waals surface area (Å²) in [6.07, 6.45) is 0. The minimum Gasteiger partial charge on any atom is -0.384 e. The molecule has 0 spiro atoms. The average Bonchev–Trinajstić information content (AvgIpc) is 2.26. The van der Waals surface area contributed by atoms with E-state index in [-0.39, 0.29) is 40.6 Å². The Morgan fingerprint density at radius 1 is 1.50 bits per heavy atom. The molecular weight excluding hydrogens is 291 g/mol. The number of halogens is 4. The number of rotatable bonds is 4. The molecule has 18 heavy (non-hydrogen) atoms. The molecule has 0 aliphatic carbocycles. The number of anilines is 1. The second kappa shape index (κ2) is 6.14. The molecule has 0 saturated carbocycles. The second-order valence-corrected chi connectivity index (χ2v) is 4.68. The Kier molecular flexibility index (Phi) is 5.09. The number of nitrogen functional groups attached to an aromatic ring is 1. The topological polar surface area (TPSA) is 68.0 Å². The van der Waals surface area contributed by atoms with Gasteiger partial charge in [0.1, 0.15) is 11.5 Å². The summed E-state index contributed by atoms with van der Waals surface area (Å²) >= 11 is 5.50. The van der Waals surface area contributed by atoms with Crippen molar-refractivity contribution >= 4 is 35.1 Å². The molecule has 0 bridgehead atoms. The maximum absolute atomic E-state index is 11.8. The summed E-state index contributed by atoms with van der Waals surface area (Å²) in [6, 6.07) is 2.81. The number of pyridine rings is 1. The quantitative estimate of drug-likeness (QED) is 0.837. The van der Waals surface area contributed by atoms with Gasteiger partial charge in [-0.05, 0) is 23.9 Å². The van der Waals surface area contributed by atoms with Crippen LogP contribution in [0, 0.1) is 0 Å². The Morgan fingerprint density at radius 3 is 2.78 bits per heavy atom. The molecule has 1 aromatic heterocycles. The number of nitrogens with two attached hydrogens (primary N) is 1. The predicted molar refractivity (Wildman–Crippen MR) is 64.5 cm³/mol. The first-order chi connectivity index (χ1) is 8.29. The number of thioether (sulfide) groups is 1. The molecular formula is C9H9ClF3N3OS. The van der Waals surface area contributed by atoms with E-state index < -0.39 is 11.4 Å². The molecule has 0 aromatic carbocycles. The van der Waals surface area contributed by atoms with Gasteiger partial charge in [-0.2, -0.15) is 13.2 Å². The number of carbonyl (C=O) groups is 1. The summed E-state index contributed by atoms with van der Waals surface area (Å²) in [5.41, 5.74) is 0.964. The molecule has 0 atom stereocenters. The zero-order valence-electron chi connectivity index (χ0n) is 8.92. The van der Waals surface area contributed by atoms with Crippen molar-refractivity contribution in [3.8, 4) is 0 Å². The fourth-order valence-electron chi connectivity index (χ4n) is 1.03. The van der Waals surface area contributed by atoms with Crippen LogP contribution in [0.15, 0.2) is 12.1 Å². The maximum atomic E-state index is 11.8. The van der Waals surface area contributed by atoms with Crippen LogP contribution >= 0.6 is 23.4 Å². The Balaban J connectivity index is 2.48. The molecule has 4 nitrogen and oxygen atoms in total. The molecule has 0 aliphatic heterocycles. The lowest BCUT2D eigenvalue weighted by Crippen LogP contribution is -2.27. The van der Waals surface area contributed by atoms with E-state index in [1.165, 1.54) is 12.1 Å². The molecule has 0 aliphatic rings. The first-order valence-electron chi connectivity index (χ1n) is 4.70. The van der Waals surface area contributed by atoms with Crippen LogP contribution in [0.25, 0.3) is 0 Å². The van der Waals surface area contributed by atoms with E-state index >= 15 is 0 Å². The van der Waals surface area contributed by atoms with Crippen molar-refractivity contribution in [3.05, 3.63) is 22.8 Å². The number of alkyl halides is 3. The monoisotopic (exact) mass is 299 g/mol. The number of nitrogens with zero attached hydrogens (tertiary/aromatic N) is 1. The van der Waals surface area contributed by atoms with Gasteiger partial charge in [-0.1, -0.05) is 11.6 Å². The smallest absolute Gasteiger partial charge is 0.384 e. The van der Waals surface area contributed by atoms with Gasteiger partial charge in [0.05, 0.1) is 5.02 Å². The predicted octanol–water partition coefficient (Wildman–Crippen LogP) is 2.30. The zero-order chi connectivity index (χ0) is 13.8. The number of hydrogen-bond donors (Lipinski definition) is 2. The third kappa shape index (κ3) is 5.01. The SMILES string of the molecule is Nc1ccc(Cl)c(C(=O)NCCSC(F)(F)F)n1. The molecule has 1 amide bonds. The van der Waals surface area contributed by atoms with E-state index in [1.807, 2.05) is 0 Å². The molecule has 0 fully saturated rings. The van der Waals surface area contributed by atoms with Crippen LogP contribution in [0.2, 0.25) is 5.02 Å². The van der Waals surface area contributed by atoms with Crippen molar-refractivity contribution in [2.75, 3.05) is 18.0 Å². The highest BCUT2D eigenvalue weighted by molar-refractivity contribution is 8.00. The van der Waals surface area contributed by atoms with Crippen molar-refractivity contribution in [1.82, 2.24) is 10.3 Å². The molecule has 0 radical (unpaired) electrons. The van der Waals surface area contributed by atoms with Gasteiger partial charge in [-0.3, -0.25) is 4.79 Å². The van der Waals surface area contributed by atoms with Gasteiger partial charge in [0.25, 0.3) is 5.91 Å². The second-order valence-electron chi connectivity index (χ2n) is 3.12. The first kappa shape index (κ1) is 14.9. The molecule has 1 aromatic rings. The lowest BCUT2D eigenvalue weighted by molar-refractivity contribution is -0.0327. The van der Waals surface area contributed by atoms with Crippen LogP contribution in [-0.4, -0.2) is 28.7 Å². The highest BCUT2D eigenvalue weighted by atomic mass is 35.5. The molecule has 0 unspecified atom stereocenters. The largest absolute Gasteiger partial charge is 0.441 e. The van der Waals surface area contributed by atoms with E-state index in [9.17, 15) is 18.0 Å². The van der Waals surface area contributed by atoms with E-state index in [4.69, 9.17) is 17.3 Å². The Hall–Kier alpha value is -1.15. The van der Waals surface area contributed by atoms with Crippen LogP contribution in [0.5, 0.6) is 0 Å². The molecule has 3 N–H and O–H groups in total. The summed E-state index contributed by atoms with van der Waals surface area (Å²) in [5.74, 6) is -0.834. The van der Waals surface area contributed by atoms with E-state index in [0.29, 0.717) is 0 Å². The molecule has 1 heterocycles. The summed E-state index contributed by atoms with van der Waals surface area (Å²) in [7, 11) is 0. The van der Waals surface area contributed by atoms with Gasteiger partial charge >= 0.3 is 5.51 Å². The molecule has 0 saturated heterocycles. The van der Waals surface area contributed by atoms with Crippen LogP contribution in [0.3, 0.4) is 0 Å². The van der Waals surface area contributed by atoms with Gasteiger partial charge in [0, 0.05) is 12.3 Å². The molecule has 100 valence electrons. The lowest BCUT2D eigenvalue weighted by atomic mass is 10.3. The summed E-state index contributed by atoms with van der Waals surface area (Å²) in [4.78, 5) is 15.2. The normalized spacial score (nSPS) is 11.3. The zero-order valence-corrected chi connectivity index (χ0v) is 10.5. The van der Waals surface area contributed by atoms with Crippen LogP contribution in [-0.2, 0) is 0 Å². The summed E-state index contributed by atoms with van der Waals surface area (Å²) in [5, 5.41) is 2.37. The van der Waals surface area contributed by atoms with Crippen LogP contribution < -0.4 is 11.1 Å². The standard InChI is InChI=1S/C9H9ClF3N3OS/c10-5-1-2-6(14)16-7(5)8(17)15-3-4-18-9(11,12)13/h1-2H,3-4H2,(H2,14,16)(H,15,17). The number of hydrogen-bond acceptors (Lipinski definition) is 4. The molecule has 1 rings (SSSR count). The fraction of sp³-hybridized carbons (Fsp3) is 0.333. The number of amides is 1. The van der Waals surface area contributed by atoms with Crippen molar-refractivity contribution in [2.45, 2.75) is 5.51 Å². The van der Waals surface area contributed by atoms with Gasteiger partial charge in [0.15, 0.2) is 0 Å². The third-order valence-electron chi connectivity index (χ3n) is 1.74. The third-order valence-corrected chi connectivity index (χ3v) is 2.78. The number of carbonyl (C=O) groups excluding carboxylic acids is 1. The highest BCUT2D eigenvalue weighted by Crippen LogP contribution is 2.29. The van der Waals surface area contributed by atoms with E-state index in [0.717, 1.165) is 0 Å². The van der Waals surface area contributed by atoms with E-state index in [2.05, 4.69) is 10.3 Å². The van der Waals surface area contributed by atoms with Crippen molar-refractivity contribution in [2.24, 2.45) is 0 Å². The van der Waals surface area contributed by atoms with Crippen molar-refractivity contribution < 1.29 is 18.0 Å². The van der Waals surface area contributed by atoms with Gasteiger partial charge < -0.3 is 11.1 Å². The van der Waals surface area contributed by atoms with Gasteiger partial charge in [-0.15, -0.1) is 0 Å². The Bertz CT molecular complexity index is 442. The number of aromatic nitrogens is 1. The lowest BCUT2D eigenvalue weighted by Gasteiger charge is -2.07. The van der Waals surface area contributed by atoms with Crippen molar-refractivity contribution in [3.63, 3.8) is 0 Å². The minimum absolute atomic E-state index is 0.0881. The van der Waals surface area contributed by atoms with Crippen molar-refractivity contribution in [1.29, 1.82) is 0 Å². The van der Waals surface area contributed by atoms with Crippen LogP contribution in [0.4, 0.5) is 19.0 Å². The number of nitrogens with one attached hydrogen (secondary N) is 1. The van der Waals surface area contributed by atoms with Gasteiger partial charge in [-0.25, -0.2) is 4.98 Å². The Morgan fingerprint density at radius 2 is 2.17 bits per heavy atom. The maximum Gasteiger partial charge on any atom is 0.441 e. The Labute approximate surface area is 110 Å². The average molecular weight is 300 g/mol. The fourth-order valence-corrected chi connectivity index (χ4v) is 1.66.